The Labute approximate surface area is 182 Å². The molecule has 1 saturated heterocycles. The monoisotopic (exact) mass is 444 g/mol. The number of benzene rings is 1. The smallest absolute Gasteiger partial charge is 0.265 e. The number of carbonyl (C=O) groups excluding carboxylic acids is 1. The van der Waals surface area contributed by atoms with Crippen molar-refractivity contribution in [3.8, 4) is 5.69 Å². The molecule has 4 heterocycles. The minimum absolute atomic E-state index is 0.100. The highest BCUT2D eigenvalue weighted by molar-refractivity contribution is 7.99. The van der Waals surface area contributed by atoms with E-state index in [-0.39, 0.29) is 17.5 Å². The lowest BCUT2D eigenvalue weighted by molar-refractivity contribution is -0.133. The number of fused-ring (bicyclic) bond motifs is 2. The van der Waals surface area contributed by atoms with E-state index in [9.17, 15) is 9.59 Å². The van der Waals surface area contributed by atoms with Crippen LogP contribution in [0.5, 0.6) is 0 Å². The molecule has 0 N–H and O–H groups in total. The molecule has 1 amide bonds. The highest BCUT2D eigenvalue weighted by Gasteiger charge is 2.31. The Kier molecular flexibility index (Phi) is 5.04. The Balaban J connectivity index is 1.46. The van der Waals surface area contributed by atoms with E-state index in [4.69, 9.17) is 16.6 Å². The van der Waals surface area contributed by atoms with Crippen molar-refractivity contribution in [3.05, 3.63) is 45.8 Å². The van der Waals surface area contributed by atoms with Crippen molar-refractivity contribution in [2.45, 2.75) is 17.6 Å². The van der Waals surface area contributed by atoms with Crippen LogP contribution in [-0.4, -0.2) is 74.0 Å². The van der Waals surface area contributed by atoms with Crippen LogP contribution in [-0.2, 0) is 4.79 Å². The van der Waals surface area contributed by atoms with Gasteiger partial charge in [-0.25, -0.2) is 9.67 Å². The number of amides is 1. The van der Waals surface area contributed by atoms with Gasteiger partial charge in [-0.3, -0.25) is 14.2 Å². The van der Waals surface area contributed by atoms with E-state index >= 15 is 0 Å². The molecule has 1 aromatic carbocycles. The molecular formula is C20H21ClN6O2S. The van der Waals surface area contributed by atoms with E-state index in [0.717, 1.165) is 31.9 Å². The first-order valence-electron chi connectivity index (χ1n) is 9.86. The van der Waals surface area contributed by atoms with Crippen molar-refractivity contribution >= 4 is 40.3 Å². The van der Waals surface area contributed by atoms with Crippen molar-refractivity contribution in [2.24, 2.45) is 0 Å². The average Bonchev–Trinajstić information content (AvgIpc) is 3.33. The van der Waals surface area contributed by atoms with Crippen LogP contribution in [0, 0.1) is 0 Å². The van der Waals surface area contributed by atoms with Crippen LogP contribution < -0.4 is 5.56 Å². The van der Waals surface area contributed by atoms with Gasteiger partial charge in [0, 0.05) is 43.4 Å². The fraction of sp³-hybridized carbons (Fsp3) is 0.400. The number of rotatable bonds is 3. The van der Waals surface area contributed by atoms with Gasteiger partial charge in [-0.15, -0.1) is 0 Å². The molecular weight excluding hydrogens is 424 g/mol. The second-order valence-electron chi connectivity index (χ2n) is 7.70. The molecule has 3 aromatic rings. The molecule has 30 heavy (non-hydrogen) atoms. The summed E-state index contributed by atoms with van der Waals surface area (Å²) in [7, 11) is 2.06. The summed E-state index contributed by atoms with van der Waals surface area (Å²) in [6.45, 7) is 3.24. The first-order valence-corrected chi connectivity index (χ1v) is 11.2. The zero-order valence-corrected chi connectivity index (χ0v) is 18.1. The number of piperazine rings is 1. The van der Waals surface area contributed by atoms with Gasteiger partial charge >= 0.3 is 0 Å². The molecule has 10 heteroatoms. The zero-order chi connectivity index (χ0) is 20.8. The lowest BCUT2D eigenvalue weighted by Gasteiger charge is -2.33. The first kappa shape index (κ1) is 19.6. The third-order valence-electron chi connectivity index (χ3n) is 5.69. The van der Waals surface area contributed by atoms with Crippen molar-refractivity contribution < 1.29 is 4.79 Å². The number of nitrogens with zero attached hydrogens (tertiary/aromatic N) is 6. The summed E-state index contributed by atoms with van der Waals surface area (Å²) in [6, 6.07) is 7.09. The number of aromatic nitrogens is 4. The summed E-state index contributed by atoms with van der Waals surface area (Å²) >= 11 is 7.62. The summed E-state index contributed by atoms with van der Waals surface area (Å²) in [6.07, 6.45) is 1.86. The van der Waals surface area contributed by atoms with Crippen LogP contribution in [0.3, 0.4) is 0 Å². The summed E-state index contributed by atoms with van der Waals surface area (Å²) in [5.74, 6) is 0.766. The second-order valence-corrected chi connectivity index (χ2v) is 9.12. The van der Waals surface area contributed by atoms with Crippen LogP contribution in [0.2, 0.25) is 5.02 Å². The topological polar surface area (TPSA) is 76.3 Å². The van der Waals surface area contributed by atoms with Crippen LogP contribution in [0.1, 0.15) is 12.5 Å². The summed E-state index contributed by atoms with van der Waals surface area (Å²) < 4.78 is 3.30. The van der Waals surface area contributed by atoms with Gasteiger partial charge in [0.2, 0.25) is 5.91 Å². The van der Waals surface area contributed by atoms with Crippen LogP contribution in [0.15, 0.2) is 40.4 Å². The highest BCUT2D eigenvalue weighted by Crippen LogP contribution is 2.34. The lowest BCUT2D eigenvalue weighted by Crippen LogP contribution is -2.47. The Morgan fingerprint density at radius 1 is 1.27 bits per heavy atom. The fourth-order valence-electron chi connectivity index (χ4n) is 3.96. The molecule has 2 aliphatic heterocycles. The van der Waals surface area contributed by atoms with Crippen LogP contribution in [0.4, 0.5) is 0 Å². The van der Waals surface area contributed by atoms with E-state index in [1.54, 1.807) is 27.6 Å². The zero-order valence-electron chi connectivity index (χ0n) is 16.5. The molecule has 1 unspecified atom stereocenters. The minimum atomic E-state index is -0.184. The van der Waals surface area contributed by atoms with Gasteiger partial charge in [0.05, 0.1) is 17.9 Å². The van der Waals surface area contributed by atoms with E-state index in [1.807, 2.05) is 17.0 Å². The standard InChI is InChI=1S/C20H21ClN6O2S/c1-24-5-7-25(8-6-24)17(28)10-15-12-30-20-23-18-16(19(29)26(15)20)11-22-27(18)14-4-2-3-13(21)9-14/h2-4,9,11,15H,5-8,10,12H2,1H3. The predicted octanol–water partition coefficient (Wildman–Crippen LogP) is 2.05. The van der Waals surface area contributed by atoms with Crippen LogP contribution in [0.25, 0.3) is 16.7 Å². The quantitative estimate of drug-likeness (QED) is 0.575. The lowest BCUT2D eigenvalue weighted by atomic mass is 10.2. The molecule has 1 fully saturated rings. The average molecular weight is 445 g/mol. The van der Waals surface area contributed by atoms with Gasteiger partial charge < -0.3 is 9.80 Å². The van der Waals surface area contributed by atoms with Gasteiger partial charge in [0.15, 0.2) is 10.8 Å². The van der Waals surface area contributed by atoms with Crippen LogP contribution >= 0.6 is 23.4 Å². The third-order valence-corrected chi connectivity index (χ3v) is 7.02. The Morgan fingerprint density at radius 3 is 2.83 bits per heavy atom. The third kappa shape index (κ3) is 3.40. The predicted molar refractivity (Wildman–Crippen MR) is 117 cm³/mol. The Hall–Kier alpha value is -2.36. The fourth-order valence-corrected chi connectivity index (χ4v) is 5.28. The maximum atomic E-state index is 13.2. The van der Waals surface area contributed by atoms with Gasteiger partial charge in [-0.2, -0.15) is 5.10 Å². The number of carbonyl (C=O) groups is 1. The molecule has 5 rings (SSSR count). The summed E-state index contributed by atoms with van der Waals surface area (Å²) in [4.78, 5) is 34.9. The molecule has 156 valence electrons. The maximum Gasteiger partial charge on any atom is 0.265 e. The molecule has 0 radical (unpaired) electrons. The van der Waals surface area contributed by atoms with Gasteiger partial charge in [-0.1, -0.05) is 29.4 Å². The highest BCUT2D eigenvalue weighted by atomic mass is 35.5. The van der Waals surface area contributed by atoms with Gasteiger partial charge in [0.1, 0.15) is 5.39 Å². The molecule has 1 atom stereocenters. The molecule has 0 bridgehead atoms. The normalized spacial score (nSPS) is 19.4. The Bertz CT molecular complexity index is 1180. The van der Waals surface area contributed by atoms with Crippen molar-refractivity contribution in [2.75, 3.05) is 39.0 Å². The second kappa shape index (κ2) is 7.72. The molecule has 2 aromatic heterocycles. The number of likely N-dealkylation sites (N-methyl/N-ethyl adjacent to an activating group) is 1. The first-order chi connectivity index (χ1) is 14.5. The summed E-state index contributed by atoms with van der Waals surface area (Å²) in [5.41, 5.74) is 1.11. The SMILES string of the molecule is CN1CCN(C(=O)CC2CSc3nc4c(cnn4-c4cccc(Cl)c4)c(=O)n32)CC1. The van der Waals surface area contributed by atoms with Gasteiger partial charge in [0.25, 0.3) is 5.56 Å². The largest absolute Gasteiger partial charge is 0.340 e. The Morgan fingerprint density at radius 2 is 2.07 bits per heavy atom. The molecule has 8 nitrogen and oxygen atoms in total. The van der Waals surface area contributed by atoms with E-state index in [0.29, 0.717) is 33.4 Å². The van der Waals surface area contributed by atoms with Crippen molar-refractivity contribution in [1.29, 1.82) is 0 Å². The maximum absolute atomic E-state index is 13.2. The number of thioether (sulfide) groups is 1. The van der Waals surface area contributed by atoms with Crippen molar-refractivity contribution in [1.82, 2.24) is 29.1 Å². The number of hydrogen-bond donors (Lipinski definition) is 0. The summed E-state index contributed by atoms with van der Waals surface area (Å²) in [5, 5.41) is 6.03. The molecule has 0 spiro atoms. The number of halogens is 1. The van der Waals surface area contributed by atoms with E-state index < -0.39 is 0 Å². The molecule has 0 saturated carbocycles. The molecule has 2 aliphatic rings. The van der Waals surface area contributed by atoms with Crippen molar-refractivity contribution in [3.63, 3.8) is 0 Å². The van der Waals surface area contributed by atoms with Gasteiger partial charge in [-0.05, 0) is 25.2 Å². The van der Waals surface area contributed by atoms with E-state index in [2.05, 4.69) is 17.0 Å². The van der Waals surface area contributed by atoms with E-state index in [1.165, 1.54) is 11.8 Å². The minimum Gasteiger partial charge on any atom is -0.340 e. The number of hydrogen-bond acceptors (Lipinski definition) is 6. The molecule has 0 aliphatic carbocycles.